The van der Waals surface area contributed by atoms with Gasteiger partial charge in [-0.1, -0.05) is 26.7 Å². The lowest BCUT2D eigenvalue weighted by molar-refractivity contribution is -0.142. The van der Waals surface area contributed by atoms with Gasteiger partial charge in [-0.15, -0.1) is 0 Å². The van der Waals surface area contributed by atoms with Crippen molar-refractivity contribution >= 4 is 12.0 Å². The zero-order valence-corrected chi connectivity index (χ0v) is 12.5. The van der Waals surface area contributed by atoms with Gasteiger partial charge >= 0.3 is 12.0 Å². The Labute approximate surface area is 120 Å². The second-order valence-electron chi connectivity index (χ2n) is 6.53. The Kier molecular flexibility index (Phi) is 4.89. The molecule has 0 saturated carbocycles. The molecule has 2 fully saturated rings. The lowest BCUT2D eigenvalue weighted by Gasteiger charge is -2.39. The predicted molar refractivity (Wildman–Crippen MR) is 76.5 cm³/mol. The smallest absolute Gasteiger partial charge is 0.326 e. The number of carbonyl (C=O) groups excluding carboxylic acids is 1. The molecule has 3 unspecified atom stereocenters. The molecule has 2 aliphatic heterocycles. The standard InChI is InChI=1S/C15H26N2O3/c1-11-8-12(2)10-16(9-11)15(20)17-7-5-3-4-6-13(17)14(18)19/h11-13H,3-10H2,1-2H3,(H,18,19). The number of amides is 2. The molecule has 0 aromatic heterocycles. The summed E-state index contributed by atoms with van der Waals surface area (Å²) in [5, 5.41) is 9.37. The highest BCUT2D eigenvalue weighted by molar-refractivity contribution is 5.82. The number of carboxylic acids is 1. The maximum Gasteiger partial charge on any atom is 0.326 e. The molecule has 2 aliphatic rings. The Balaban J connectivity index is 2.10. The maximum atomic E-state index is 12.7. The van der Waals surface area contributed by atoms with Crippen LogP contribution in [0.1, 0.15) is 46.0 Å². The van der Waals surface area contributed by atoms with Crippen LogP contribution in [0.25, 0.3) is 0 Å². The van der Waals surface area contributed by atoms with Crippen LogP contribution in [0.2, 0.25) is 0 Å². The molecule has 3 atom stereocenters. The summed E-state index contributed by atoms with van der Waals surface area (Å²) in [6.45, 7) is 6.41. The monoisotopic (exact) mass is 282 g/mol. The number of hydrogen-bond acceptors (Lipinski definition) is 2. The minimum atomic E-state index is -0.863. The Morgan fingerprint density at radius 3 is 2.30 bits per heavy atom. The molecule has 0 aromatic carbocycles. The van der Waals surface area contributed by atoms with Gasteiger partial charge in [0.2, 0.25) is 0 Å². The van der Waals surface area contributed by atoms with E-state index in [-0.39, 0.29) is 6.03 Å². The van der Waals surface area contributed by atoms with Crippen molar-refractivity contribution in [1.82, 2.24) is 9.80 Å². The predicted octanol–water partition coefficient (Wildman–Crippen LogP) is 2.41. The topological polar surface area (TPSA) is 60.9 Å². The van der Waals surface area contributed by atoms with Crippen molar-refractivity contribution in [2.24, 2.45) is 11.8 Å². The number of aliphatic carboxylic acids is 1. The molecule has 5 nitrogen and oxygen atoms in total. The number of carbonyl (C=O) groups is 2. The van der Waals surface area contributed by atoms with Crippen molar-refractivity contribution in [3.63, 3.8) is 0 Å². The van der Waals surface area contributed by atoms with E-state index in [9.17, 15) is 14.7 Å². The first kappa shape index (κ1) is 15.1. The van der Waals surface area contributed by atoms with E-state index >= 15 is 0 Å². The fourth-order valence-electron chi connectivity index (χ4n) is 3.59. The third-order valence-electron chi connectivity index (χ3n) is 4.42. The van der Waals surface area contributed by atoms with Crippen LogP contribution in [-0.4, -0.2) is 52.6 Å². The van der Waals surface area contributed by atoms with Gasteiger partial charge in [0.25, 0.3) is 0 Å². The third-order valence-corrected chi connectivity index (χ3v) is 4.42. The quantitative estimate of drug-likeness (QED) is 0.803. The highest BCUT2D eigenvalue weighted by Gasteiger charge is 2.35. The number of urea groups is 1. The van der Waals surface area contributed by atoms with Gasteiger partial charge < -0.3 is 14.9 Å². The highest BCUT2D eigenvalue weighted by atomic mass is 16.4. The Morgan fingerprint density at radius 2 is 1.70 bits per heavy atom. The molecule has 0 aliphatic carbocycles. The number of rotatable bonds is 1. The molecule has 2 saturated heterocycles. The van der Waals surface area contributed by atoms with Crippen LogP contribution < -0.4 is 0 Å². The van der Waals surface area contributed by atoms with Gasteiger partial charge in [0.1, 0.15) is 6.04 Å². The van der Waals surface area contributed by atoms with Crippen LogP contribution in [0.3, 0.4) is 0 Å². The molecule has 0 aromatic rings. The molecule has 2 amide bonds. The van der Waals surface area contributed by atoms with E-state index in [1.165, 1.54) is 0 Å². The minimum Gasteiger partial charge on any atom is -0.480 e. The van der Waals surface area contributed by atoms with E-state index in [1.807, 2.05) is 4.90 Å². The Morgan fingerprint density at radius 1 is 1.05 bits per heavy atom. The lowest BCUT2D eigenvalue weighted by Crippen LogP contribution is -2.54. The van der Waals surface area contributed by atoms with Crippen LogP contribution in [0.15, 0.2) is 0 Å². The van der Waals surface area contributed by atoms with Crippen molar-refractivity contribution < 1.29 is 14.7 Å². The zero-order chi connectivity index (χ0) is 14.7. The molecule has 1 N–H and O–H groups in total. The molecule has 0 radical (unpaired) electrons. The highest BCUT2D eigenvalue weighted by Crippen LogP contribution is 2.24. The number of piperidine rings is 1. The van der Waals surface area contributed by atoms with E-state index in [2.05, 4.69) is 13.8 Å². The summed E-state index contributed by atoms with van der Waals surface area (Å²) in [4.78, 5) is 27.6. The normalized spacial score (nSPS) is 31.8. The van der Waals surface area contributed by atoms with Crippen molar-refractivity contribution in [3.05, 3.63) is 0 Å². The summed E-state index contributed by atoms with van der Waals surface area (Å²) in [5.41, 5.74) is 0. The van der Waals surface area contributed by atoms with Crippen molar-refractivity contribution in [3.8, 4) is 0 Å². The fraction of sp³-hybridized carbons (Fsp3) is 0.867. The van der Waals surface area contributed by atoms with Gasteiger partial charge in [-0.2, -0.15) is 0 Å². The summed E-state index contributed by atoms with van der Waals surface area (Å²) in [6.07, 6.45) is 4.55. The van der Waals surface area contributed by atoms with E-state index in [0.717, 1.165) is 38.8 Å². The Bertz CT molecular complexity index is 362. The molecule has 0 spiro atoms. The molecular formula is C15H26N2O3. The van der Waals surface area contributed by atoms with Gasteiger partial charge in [0, 0.05) is 19.6 Å². The van der Waals surface area contributed by atoms with E-state index < -0.39 is 12.0 Å². The van der Waals surface area contributed by atoms with Gasteiger partial charge in [0.15, 0.2) is 0 Å². The van der Waals surface area contributed by atoms with E-state index in [1.54, 1.807) is 4.90 Å². The van der Waals surface area contributed by atoms with Gasteiger partial charge in [-0.25, -0.2) is 9.59 Å². The van der Waals surface area contributed by atoms with Crippen molar-refractivity contribution in [1.29, 1.82) is 0 Å². The summed E-state index contributed by atoms with van der Waals surface area (Å²) in [7, 11) is 0. The summed E-state index contributed by atoms with van der Waals surface area (Å²) in [5.74, 6) is 0.134. The first-order valence-corrected chi connectivity index (χ1v) is 7.77. The van der Waals surface area contributed by atoms with E-state index in [0.29, 0.717) is 24.8 Å². The number of nitrogens with zero attached hydrogens (tertiary/aromatic N) is 2. The second-order valence-corrected chi connectivity index (χ2v) is 6.53. The van der Waals surface area contributed by atoms with Crippen molar-refractivity contribution in [2.45, 2.75) is 52.0 Å². The zero-order valence-electron chi connectivity index (χ0n) is 12.5. The van der Waals surface area contributed by atoms with Crippen LogP contribution >= 0.6 is 0 Å². The molecular weight excluding hydrogens is 256 g/mol. The first-order valence-electron chi connectivity index (χ1n) is 7.77. The molecule has 114 valence electrons. The van der Waals surface area contributed by atoms with Gasteiger partial charge in [0.05, 0.1) is 0 Å². The Hall–Kier alpha value is -1.26. The minimum absolute atomic E-state index is 0.0716. The lowest BCUT2D eigenvalue weighted by atomic mass is 9.92. The summed E-state index contributed by atoms with van der Waals surface area (Å²) >= 11 is 0. The second kappa shape index (κ2) is 6.46. The molecule has 5 heteroatoms. The molecule has 2 heterocycles. The number of likely N-dealkylation sites (tertiary alicyclic amines) is 2. The third kappa shape index (κ3) is 3.44. The maximum absolute atomic E-state index is 12.7. The largest absolute Gasteiger partial charge is 0.480 e. The number of carboxylic acid groups (broad SMARTS) is 1. The molecule has 20 heavy (non-hydrogen) atoms. The van der Waals surface area contributed by atoms with Gasteiger partial charge in [-0.05, 0) is 31.1 Å². The molecule has 2 rings (SSSR count). The average molecular weight is 282 g/mol. The van der Waals surface area contributed by atoms with Crippen LogP contribution in [0, 0.1) is 11.8 Å². The SMILES string of the molecule is CC1CC(C)CN(C(=O)N2CCCCCC2C(=O)O)C1. The summed E-state index contributed by atoms with van der Waals surface area (Å²) in [6, 6.07) is -0.713. The fourth-order valence-corrected chi connectivity index (χ4v) is 3.59. The van der Waals surface area contributed by atoms with Crippen LogP contribution in [0.4, 0.5) is 4.79 Å². The van der Waals surface area contributed by atoms with Crippen LogP contribution in [0.5, 0.6) is 0 Å². The van der Waals surface area contributed by atoms with E-state index in [4.69, 9.17) is 0 Å². The molecule has 0 bridgehead atoms. The number of hydrogen-bond donors (Lipinski definition) is 1. The average Bonchev–Trinajstić information content (AvgIpc) is 2.62. The van der Waals surface area contributed by atoms with Gasteiger partial charge in [-0.3, -0.25) is 0 Å². The van der Waals surface area contributed by atoms with Crippen LogP contribution in [-0.2, 0) is 4.79 Å². The summed E-state index contributed by atoms with van der Waals surface area (Å²) < 4.78 is 0. The van der Waals surface area contributed by atoms with Crippen molar-refractivity contribution in [2.75, 3.05) is 19.6 Å². The first-order chi connectivity index (χ1) is 9.49.